The highest BCUT2D eigenvalue weighted by Crippen LogP contribution is 2.31. The molecule has 0 aliphatic rings. The Labute approximate surface area is 206 Å². The topological polar surface area (TPSA) is 88.3 Å². The van der Waals surface area contributed by atoms with E-state index in [2.05, 4.69) is 45.9 Å². The molecular formula is C22H32IN7O2. The lowest BCUT2D eigenvalue weighted by Gasteiger charge is -2.26. The van der Waals surface area contributed by atoms with Gasteiger partial charge in [-0.05, 0) is 50.8 Å². The van der Waals surface area contributed by atoms with E-state index in [0.29, 0.717) is 24.6 Å². The number of fused-ring (bicyclic) bond motifs is 1. The van der Waals surface area contributed by atoms with Crippen molar-refractivity contribution >= 4 is 35.6 Å². The maximum absolute atomic E-state index is 5.47. The molecule has 0 saturated carbocycles. The predicted molar refractivity (Wildman–Crippen MR) is 137 cm³/mol. The molecule has 0 spiro atoms. The van der Waals surface area contributed by atoms with Crippen LogP contribution in [-0.4, -0.2) is 66.9 Å². The summed E-state index contributed by atoms with van der Waals surface area (Å²) in [5.74, 6) is 2.94. The van der Waals surface area contributed by atoms with E-state index in [-0.39, 0.29) is 30.0 Å². The molecule has 174 valence electrons. The number of guanidine groups is 1. The largest absolute Gasteiger partial charge is 0.493 e. The van der Waals surface area contributed by atoms with Crippen LogP contribution in [0.5, 0.6) is 11.5 Å². The summed E-state index contributed by atoms with van der Waals surface area (Å²) in [4.78, 5) is 6.86. The van der Waals surface area contributed by atoms with E-state index < -0.39 is 0 Å². The van der Waals surface area contributed by atoms with Gasteiger partial charge in [-0.2, -0.15) is 0 Å². The number of hydrogen-bond donors (Lipinski definition) is 2. The summed E-state index contributed by atoms with van der Waals surface area (Å²) in [5, 5.41) is 15.2. The van der Waals surface area contributed by atoms with Crippen LogP contribution in [0.3, 0.4) is 0 Å². The van der Waals surface area contributed by atoms with Crippen LogP contribution in [0, 0.1) is 0 Å². The van der Waals surface area contributed by atoms with Crippen LogP contribution >= 0.6 is 24.0 Å². The molecule has 0 amide bonds. The minimum Gasteiger partial charge on any atom is -0.493 e. The molecular weight excluding hydrogens is 521 g/mol. The maximum atomic E-state index is 5.47. The Balaban J connectivity index is 0.00000363. The number of hydrogen-bond acceptors (Lipinski definition) is 6. The summed E-state index contributed by atoms with van der Waals surface area (Å²) in [5.41, 5.74) is 1.93. The first kappa shape index (κ1) is 25.7. The second-order valence-electron chi connectivity index (χ2n) is 7.21. The van der Waals surface area contributed by atoms with E-state index in [1.54, 1.807) is 14.2 Å². The first-order valence-corrected chi connectivity index (χ1v) is 10.3. The first-order valence-electron chi connectivity index (χ1n) is 10.3. The molecule has 0 aliphatic heterocycles. The number of nitrogens with one attached hydrogen (secondary N) is 2. The number of benzene rings is 1. The molecule has 2 aromatic heterocycles. The van der Waals surface area contributed by atoms with Gasteiger partial charge in [-0.25, -0.2) is 4.99 Å². The van der Waals surface area contributed by atoms with Crippen LogP contribution in [0.25, 0.3) is 5.65 Å². The average Bonchev–Trinajstić information content (AvgIpc) is 3.20. The van der Waals surface area contributed by atoms with Crippen LogP contribution in [0.4, 0.5) is 0 Å². The minimum absolute atomic E-state index is 0. The van der Waals surface area contributed by atoms with Gasteiger partial charge < -0.3 is 25.0 Å². The molecule has 1 unspecified atom stereocenters. The van der Waals surface area contributed by atoms with Crippen LogP contribution in [0.2, 0.25) is 0 Å². The third-order valence-electron chi connectivity index (χ3n) is 4.99. The Kier molecular flexibility index (Phi) is 9.97. The number of aliphatic imine (C=N–C) groups is 1. The number of halogens is 1. The van der Waals surface area contributed by atoms with Crippen LogP contribution < -0.4 is 20.1 Å². The Morgan fingerprint density at radius 2 is 1.88 bits per heavy atom. The van der Waals surface area contributed by atoms with Crippen molar-refractivity contribution in [3.8, 4) is 11.5 Å². The van der Waals surface area contributed by atoms with Crippen molar-refractivity contribution in [3.05, 3.63) is 54.0 Å². The standard InChI is InChI=1S/C22H31N7O2.HI/c1-6-23-22(25-15-21-27-26-20-9-7-8-12-29(20)21)24-14-17(28(2)3)16-10-11-18(30-4)19(13-16)31-5;/h7-13,17H,6,14-15H2,1-5H3,(H2,23,24,25);1H. The third kappa shape index (κ3) is 6.22. The van der Waals surface area contributed by atoms with Gasteiger partial charge in [0.15, 0.2) is 28.9 Å². The Morgan fingerprint density at radius 3 is 2.56 bits per heavy atom. The Morgan fingerprint density at radius 1 is 1.09 bits per heavy atom. The zero-order valence-corrected chi connectivity index (χ0v) is 21.5. The van der Waals surface area contributed by atoms with E-state index >= 15 is 0 Å². The smallest absolute Gasteiger partial charge is 0.191 e. The van der Waals surface area contributed by atoms with E-state index in [4.69, 9.17) is 14.5 Å². The van der Waals surface area contributed by atoms with Crippen molar-refractivity contribution in [2.75, 3.05) is 41.4 Å². The van der Waals surface area contributed by atoms with Gasteiger partial charge in [0.05, 0.1) is 20.3 Å². The Bertz CT molecular complexity index is 1020. The molecule has 9 nitrogen and oxygen atoms in total. The average molecular weight is 553 g/mol. The number of rotatable bonds is 9. The van der Waals surface area contributed by atoms with E-state index in [0.717, 1.165) is 29.5 Å². The normalized spacial score (nSPS) is 12.4. The summed E-state index contributed by atoms with van der Waals surface area (Å²) < 4.78 is 12.8. The zero-order chi connectivity index (χ0) is 22.2. The van der Waals surface area contributed by atoms with Crippen molar-refractivity contribution in [3.63, 3.8) is 0 Å². The molecule has 2 N–H and O–H groups in total. The number of nitrogens with zero attached hydrogens (tertiary/aromatic N) is 5. The molecule has 0 saturated heterocycles. The van der Waals surface area contributed by atoms with Crippen LogP contribution in [0.1, 0.15) is 24.4 Å². The quantitative estimate of drug-likeness (QED) is 0.240. The lowest BCUT2D eigenvalue weighted by molar-refractivity contribution is 0.295. The number of methoxy groups -OCH3 is 2. The van der Waals surface area contributed by atoms with Crippen molar-refractivity contribution in [2.45, 2.75) is 19.5 Å². The van der Waals surface area contributed by atoms with Crippen molar-refractivity contribution in [2.24, 2.45) is 4.99 Å². The minimum atomic E-state index is 0. The fourth-order valence-corrected chi connectivity index (χ4v) is 3.34. The highest BCUT2D eigenvalue weighted by atomic mass is 127. The molecule has 2 heterocycles. The van der Waals surface area contributed by atoms with E-state index in [1.807, 2.05) is 47.9 Å². The summed E-state index contributed by atoms with van der Waals surface area (Å²) in [7, 11) is 7.39. The van der Waals surface area contributed by atoms with Gasteiger partial charge >= 0.3 is 0 Å². The zero-order valence-electron chi connectivity index (χ0n) is 19.2. The number of aromatic nitrogens is 3. The number of pyridine rings is 1. The van der Waals surface area contributed by atoms with Gasteiger partial charge in [-0.3, -0.25) is 4.40 Å². The second kappa shape index (κ2) is 12.4. The molecule has 0 fully saturated rings. The molecule has 3 aromatic rings. The number of ether oxygens (including phenoxy) is 2. The molecule has 0 bridgehead atoms. The molecule has 1 aromatic carbocycles. The lowest BCUT2D eigenvalue weighted by Crippen LogP contribution is -2.41. The highest BCUT2D eigenvalue weighted by Gasteiger charge is 2.17. The molecule has 1 atom stereocenters. The lowest BCUT2D eigenvalue weighted by atomic mass is 10.1. The fourth-order valence-electron chi connectivity index (χ4n) is 3.34. The molecule has 10 heteroatoms. The van der Waals surface area contributed by atoms with Gasteiger partial charge in [-0.15, -0.1) is 34.2 Å². The summed E-state index contributed by atoms with van der Waals surface area (Å²) in [6.45, 7) is 3.88. The van der Waals surface area contributed by atoms with Crippen molar-refractivity contribution in [1.29, 1.82) is 0 Å². The maximum Gasteiger partial charge on any atom is 0.191 e. The van der Waals surface area contributed by atoms with Crippen LogP contribution in [-0.2, 0) is 6.54 Å². The van der Waals surface area contributed by atoms with Gasteiger partial charge in [0.1, 0.15) is 6.54 Å². The highest BCUT2D eigenvalue weighted by molar-refractivity contribution is 14.0. The molecule has 0 aliphatic carbocycles. The second-order valence-corrected chi connectivity index (χ2v) is 7.21. The van der Waals surface area contributed by atoms with Crippen molar-refractivity contribution < 1.29 is 9.47 Å². The van der Waals surface area contributed by atoms with Crippen molar-refractivity contribution in [1.82, 2.24) is 30.1 Å². The van der Waals surface area contributed by atoms with E-state index in [9.17, 15) is 0 Å². The number of likely N-dealkylation sites (N-methyl/N-ethyl adjacent to an activating group) is 1. The summed E-state index contributed by atoms with van der Waals surface area (Å²) in [6.07, 6.45) is 1.94. The fraction of sp³-hybridized carbons (Fsp3) is 0.409. The molecule has 32 heavy (non-hydrogen) atoms. The van der Waals surface area contributed by atoms with Gasteiger partial charge in [-0.1, -0.05) is 12.1 Å². The molecule has 0 radical (unpaired) electrons. The van der Waals surface area contributed by atoms with E-state index in [1.165, 1.54) is 0 Å². The third-order valence-corrected chi connectivity index (χ3v) is 4.99. The summed E-state index contributed by atoms with van der Waals surface area (Å²) in [6, 6.07) is 11.9. The van der Waals surface area contributed by atoms with Gasteiger partial charge in [0.2, 0.25) is 0 Å². The predicted octanol–water partition coefficient (Wildman–Crippen LogP) is 2.72. The summed E-state index contributed by atoms with van der Waals surface area (Å²) >= 11 is 0. The first-order chi connectivity index (χ1) is 15.1. The van der Waals surface area contributed by atoms with Crippen LogP contribution in [0.15, 0.2) is 47.6 Å². The monoisotopic (exact) mass is 553 g/mol. The van der Waals surface area contributed by atoms with Gasteiger partial charge in [0.25, 0.3) is 0 Å². The molecule has 3 rings (SSSR count). The SMILES string of the molecule is CCNC(=NCc1nnc2ccccn12)NCC(c1ccc(OC)c(OC)c1)N(C)C.I. The van der Waals surface area contributed by atoms with Gasteiger partial charge in [0, 0.05) is 19.3 Å². The Hall–Kier alpha value is -2.60.